The summed E-state index contributed by atoms with van der Waals surface area (Å²) in [5, 5.41) is 2.87. The van der Waals surface area contributed by atoms with E-state index in [9.17, 15) is 9.59 Å². The Morgan fingerprint density at radius 1 is 0.840 bits per heavy atom. The van der Waals surface area contributed by atoms with Gasteiger partial charge in [0.1, 0.15) is 5.78 Å². The van der Waals surface area contributed by atoms with Crippen LogP contribution in [0, 0.1) is 5.92 Å². The third-order valence-corrected chi connectivity index (χ3v) is 3.97. The van der Waals surface area contributed by atoms with Gasteiger partial charge in [0.25, 0.3) is 0 Å². The fraction of sp³-hybridized carbons (Fsp3) is 0.900. The van der Waals surface area contributed by atoms with Crippen LogP contribution < -0.4 is 5.32 Å². The number of carbonyl (C=O) groups excluding carboxylic acids is 2. The van der Waals surface area contributed by atoms with E-state index in [0.29, 0.717) is 45.0 Å². The Labute approximate surface area is 155 Å². The van der Waals surface area contributed by atoms with E-state index in [1.165, 1.54) is 0 Å². The highest BCUT2D eigenvalue weighted by atomic mass is 16.5. The van der Waals surface area contributed by atoms with Gasteiger partial charge in [-0.3, -0.25) is 9.59 Å². The minimum atomic E-state index is 0. The molecule has 0 bridgehead atoms. The summed E-state index contributed by atoms with van der Waals surface area (Å²) < 4.78 is 10.7. The summed E-state index contributed by atoms with van der Waals surface area (Å²) in [5.41, 5.74) is 0. The van der Waals surface area contributed by atoms with E-state index in [0.717, 1.165) is 38.5 Å². The Morgan fingerprint density at radius 2 is 1.44 bits per heavy atom. The molecule has 5 nitrogen and oxygen atoms in total. The quantitative estimate of drug-likeness (QED) is 0.397. The first-order valence-electron chi connectivity index (χ1n) is 9.92. The number of nitrogens with one attached hydrogen (secondary N) is 1. The second-order valence-corrected chi connectivity index (χ2v) is 7.12. The molecule has 0 aliphatic carbocycles. The van der Waals surface area contributed by atoms with Crippen molar-refractivity contribution in [3.8, 4) is 0 Å². The van der Waals surface area contributed by atoms with Gasteiger partial charge in [0.05, 0.1) is 25.9 Å². The lowest BCUT2D eigenvalue weighted by Gasteiger charge is -2.09. The molecular formula is C20H41NO4. The van der Waals surface area contributed by atoms with Crippen molar-refractivity contribution in [2.75, 3.05) is 26.4 Å². The summed E-state index contributed by atoms with van der Waals surface area (Å²) in [6.45, 7) is 10.2. The summed E-state index contributed by atoms with van der Waals surface area (Å²) in [6, 6.07) is 0. The topological polar surface area (TPSA) is 64.6 Å². The molecule has 0 aliphatic heterocycles. The van der Waals surface area contributed by atoms with Crippen molar-refractivity contribution in [3.05, 3.63) is 0 Å². The predicted octanol–water partition coefficient (Wildman–Crippen LogP) is 4.14. The number of unbranched alkanes of at least 4 members (excludes halogenated alkanes) is 5. The second-order valence-electron chi connectivity index (χ2n) is 7.12. The van der Waals surface area contributed by atoms with E-state index in [1.807, 2.05) is 27.7 Å². The molecule has 0 unspecified atom stereocenters. The first-order chi connectivity index (χ1) is 11.9. The monoisotopic (exact) mass is 359 g/mol. The van der Waals surface area contributed by atoms with Crippen LogP contribution in [0.5, 0.6) is 0 Å². The lowest BCUT2D eigenvalue weighted by Crippen LogP contribution is -2.27. The molecule has 5 heteroatoms. The van der Waals surface area contributed by atoms with Crippen molar-refractivity contribution < 1.29 is 20.5 Å². The molecule has 0 saturated heterocycles. The normalized spacial score (nSPS) is 11.3. The third kappa shape index (κ3) is 17.7. The molecule has 150 valence electrons. The summed E-state index contributed by atoms with van der Waals surface area (Å²) in [5.74, 6) is 0.634. The van der Waals surface area contributed by atoms with Gasteiger partial charge in [0, 0.05) is 26.7 Å². The molecule has 0 atom stereocenters. The Balaban J connectivity index is 0. The van der Waals surface area contributed by atoms with Crippen LogP contribution in [0.1, 0.15) is 80.5 Å². The molecule has 0 spiro atoms. The van der Waals surface area contributed by atoms with Gasteiger partial charge in [-0.05, 0) is 26.7 Å². The fourth-order valence-electron chi connectivity index (χ4n) is 2.38. The molecule has 0 fully saturated rings. The molecule has 0 saturated carbocycles. The fourth-order valence-corrected chi connectivity index (χ4v) is 2.38. The minimum absolute atomic E-state index is 0. The van der Waals surface area contributed by atoms with Crippen molar-refractivity contribution in [3.63, 3.8) is 0 Å². The maximum atomic E-state index is 11.7. The zero-order valence-corrected chi connectivity index (χ0v) is 16.8. The molecule has 0 aromatic rings. The zero-order chi connectivity index (χ0) is 18.9. The van der Waals surface area contributed by atoms with E-state index in [1.54, 1.807) is 0 Å². The summed E-state index contributed by atoms with van der Waals surface area (Å²) in [7, 11) is 0. The maximum Gasteiger partial charge on any atom is 0.220 e. The van der Waals surface area contributed by atoms with Crippen molar-refractivity contribution >= 4 is 11.7 Å². The standard InChI is InChI=1S/C20H39NO4.H2/c1-17(2)19(22)11-9-7-5-6-8-10-12-20(23)21-13-14-24-15-16-25-18(3)4;/h17-18H,5-16H2,1-4H3,(H,21,23);1H. The molecule has 0 rings (SSSR count). The Bertz CT molecular complexity index is 349. The lowest BCUT2D eigenvalue weighted by atomic mass is 10.0. The smallest absolute Gasteiger partial charge is 0.220 e. The van der Waals surface area contributed by atoms with Gasteiger partial charge in [0.2, 0.25) is 5.91 Å². The summed E-state index contributed by atoms with van der Waals surface area (Å²) in [4.78, 5) is 23.1. The Morgan fingerprint density at radius 3 is 2.04 bits per heavy atom. The summed E-state index contributed by atoms with van der Waals surface area (Å²) in [6.07, 6.45) is 7.94. The highest BCUT2D eigenvalue weighted by Gasteiger charge is 2.06. The van der Waals surface area contributed by atoms with E-state index < -0.39 is 0 Å². The zero-order valence-electron chi connectivity index (χ0n) is 16.8. The van der Waals surface area contributed by atoms with Crippen LogP contribution >= 0.6 is 0 Å². The molecule has 0 aromatic carbocycles. The molecule has 0 radical (unpaired) electrons. The first-order valence-corrected chi connectivity index (χ1v) is 9.92. The van der Waals surface area contributed by atoms with Crippen LogP contribution in [0.4, 0.5) is 0 Å². The van der Waals surface area contributed by atoms with Gasteiger partial charge >= 0.3 is 0 Å². The Kier molecular flexibility index (Phi) is 15.9. The second kappa shape index (κ2) is 16.5. The van der Waals surface area contributed by atoms with E-state index >= 15 is 0 Å². The highest BCUT2D eigenvalue weighted by Crippen LogP contribution is 2.10. The number of hydrogen-bond donors (Lipinski definition) is 1. The van der Waals surface area contributed by atoms with Crippen LogP contribution in [0.2, 0.25) is 0 Å². The van der Waals surface area contributed by atoms with Crippen LogP contribution in [-0.2, 0) is 19.1 Å². The van der Waals surface area contributed by atoms with Crippen molar-refractivity contribution in [2.45, 2.75) is 85.2 Å². The van der Waals surface area contributed by atoms with E-state index in [4.69, 9.17) is 9.47 Å². The first kappa shape index (κ1) is 24.1. The molecule has 0 heterocycles. The summed E-state index contributed by atoms with van der Waals surface area (Å²) >= 11 is 0. The largest absolute Gasteiger partial charge is 0.377 e. The van der Waals surface area contributed by atoms with Crippen molar-refractivity contribution in [2.24, 2.45) is 5.92 Å². The molecule has 0 aromatic heterocycles. The van der Waals surface area contributed by atoms with Gasteiger partial charge < -0.3 is 14.8 Å². The average molecular weight is 360 g/mol. The maximum absolute atomic E-state index is 11.7. The molecule has 1 amide bonds. The Hall–Kier alpha value is -0.940. The van der Waals surface area contributed by atoms with E-state index in [2.05, 4.69) is 5.32 Å². The van der Waals surface area contributed by atoms with Crippen LogP contribution in [0.25, 0.3) is 0 Å². The number of rotatable bonds is 17. The average Bonchev–Trinajstić information content (AvgIpc) is 2.55. The van der Waals surface area contributed by atoms with Crippen molar-refractivity contribution in [1.82, 2.24) is 5.32 Å². The SMILES string of the molecule is CC(C)OCCOCCNC(=O)CCCCCCCCC(=O)C(C)C.[HH]. The lowest BCUT2D eigenvalue weighted by molar-refractivity contribution is -0.122. The number of amides is 1. The number of Topliss-reactive ketones (excluding diaryl/α,β-unsaturated/α-hetero) is 1. The number of ether oxygens (including phenoxy) is 2. The van der Waals surface area contributed by atoms with Gasteiger partial charge in [0.15, 0.2) is 0 Å². The van der Waals surface area contributed by atoms with Crippen molar-refractivity contribution in [1.29, 1.82) is 0 Å². The molecule has 0 aliphatic rings. The van der Waals surface area contributed by atoms with Gasteiger partial charge in [-0.25, -0.2) is 0 Å². The molecular weight excluding hydrogens is 318 g/mol. The molecule has 25 heavy (non-hydrogen) atoms. The highest BCUT2D eigenvalue weighted by molar-refractivity contribution is 5.80. The molecule has 1 N–H and O–H groups in total. The van der Waals surface area contributed by atoms with Gasteiger partial charge in [-0.1, -0.05) is 39.5 Å². The van der Waals surface area contributed by atoms with Crippen LogP contribution in [-0.4, -0.2) is 44.2 Å². The van der Waals surface area contributed by atoms with E-state index in [-0.39, 0.29) is 19.4 Å². The van der Waals surface area contributed by atoms with Crippen LogP contribution in [0.15, 0.2) is 0 Å². The third-order valence-electron chi connectivity index (χ3n) is 3.97. The van der Waals surface area contributed by atoms with Crippen LogP contribution in [0.3, 0.4) is 0 Å². The van der Waals surface area contributed by atoms with Gasteiger partial charge in [-0.2, -0.15) is 0 Å². The van der Waals surface area contributed by atoms with Gasteiger partial charge in [-0.15, -0.1) is 0 Å². The number of ketones is 1. The number of hydrogen-bond acceptors (Lipinski definition) is 4. The number of carbonyl (C=O) groups is 2. The minimum Gasteiger partial charge on any atom is -0.377 e. The predicted molar refractivity (Wildman–Crippen MR) is 104 cm³/mol.